The molecule has 0 aliphatic carbocycles. The van der Waals surface area contributed by atoms with Gasteiger partial charge >= 0.3 is 0 Å². The summed E-state index contributed by atoms with van der Waals surface area (Å²) in [5.41, 5.74) is 0. The van der Waals surface area contributed by atoms with Gasteiger partial charge in [-0.1, -0.05) is 13.3 Å². The van der Waals surface area contributed by atoms with Gasteiger partial charge in [-0.2, -0.15) is 0 Å². The second-order valence-corrected chi connectivity index (χ2v) is 2.20. The normalized spacial score (nSPS) is 10.3. The predicted molar refractivity (Wildman–Crippen MR) is 44.0 cm³/mol. The smallest absolute Gasteiger partial charge is 0.0335 e. The van der Waals surface area contributed by atoms with E-state index < -0.39 is 0 Å². The molecule has 0 amide bonds. The summed E-state index contributed by atoms with van der Waals surface area (Å²) >= 11 is 0. The van der Waals surface area contributed by atoms with Gasteiger partial charge in [-0.05, 0) is 6.42 Å². The van der Waals surface area contributed by atoms with E-state index in [-0.39, 0.29) is 0 Å². The van der Waals surface area contributed by atoms with Crippen molar-refractivity contribution >= 4 is 0 Å². The van der Waals surface area contributed by atoms with Crippen molar-refractivity contribution in [1.29, 1.82) is 0 Å². The van der Waals surface area contributed by atoms with Gasteiger partial charge in [0.2, 0.25) is 0 Å². The van der Waals surface area contributed by atoms with Crippen LogP contribution in [0.5, 0.6) is 0 Å². The van der Waals surface area contributed by atoms with Crippen LogP contribution in [0.1, 0.15) is 19.8 Å². The minimum absolute atomic E-state index is 0.925. The monoisotopic (exact) mass is 143 g/mol. The number of hydrazine groups is 1. The van der Waals surface area contributed by atoms with E-state index in [1.165, 1.54) is 6.42 Å². The first-order valence-electron chi connectivity index (χ1n) is 3.66. The topological polar surface area (TPSA) is 41.3 Å². The average Bonchev–Trinajstić information content (AvgIpc) is 1.97. The summed E-state index contributed by atoms with van der Waals surface area (Å²) in [6.45, 7) is 3.07. The molecule has 0 radical (unpaired) electrons. The highest BCUT2D eigenvalue weighted by molar-refractivity contribution is 4.75. The van der Waals surface area contributed by atoms with Gasteiger partial charge in [0.1, 0.15) is 0 Å². The molecule has 0 aromatic carbocycles. The Morgan fingerprint density at radius 3 is 2.80 bits per heavy atom. The number of hydrogen-bond acceptors (Lipinski definition) is 3. The van der Waals surface area contributed by atoms with E-state index in [9.17, 15) is 0 Å². The Morgan fingerprint density at radius 2 is 2.30 bits per heavy atom. The van der Waals surface area contributed by atoms with Crippen LogP contribution >= 0.6 is 0 Å². The van der Waals surface area contributed by atoms with Crippen molar-refractivity contribution in [3.05, 3.63) is 12.4 Å². The molecule has 0 rings (SSSR count). The van der Waals surface area contributed by atoms with Crippen LogP contribution in [0.2, 0.25) is 0 Å². The molecule has 0 unspecified atom stereocenters. The highest BCUT2D eigenvalue weighted by Crippen LogP contribution is 1.88. The summed E-state index contributed by atoms with van der Waals surface area (Å²) in [7, 11) is 1.85. The molecule has 0 saturated heterocycles. The molecule has 3 N–H and O–H groups in total. The largest absolute Gasteiger partial charge is 0.393 e. The lowest BCUT2D eigenvalue weighted by Gasteiger charge is -2.11. The van der Waals surface area contributed by atoms with Crippen LogP contribution in [0.3, 0.4) is 0 Å². The Morgan fingerprint density at radius 1 is 1.60 bits per heavy atom. The van der Waals surface area contributed by atoms with Gasteiger partial charge in [0.05, 0.1) is 0 Å². The quantitative estimate of drug-likeness (QED) is 0.438. The molecule has 0 spiro atoms. The van der Waals surface area contributed by atoms with E-state index >= 15 is 0 Å². The molecular weight excluding hydrogens is 126 g/mol. The fourth-order valence-corrected chi connectivity index (χ4v) is 0.585. The number of unbranched alkanes of at least 4 members (excludes halogenated alkanes) is 1. The molecule has 0 aromatic rings. The number of rotatable bonds is 5. The zero-order valence-electron chi connectivity index (χ0n) is 6.80. The van der Waals surface area contributed by atoms with Crippen LogP contribution in [-0.2, 0) is 0 Å². The van der Waals surface area contributed by atoms with E-state index in [2.05, 4.69) is 12.2 Å². The average molecular weight is 143 g/mol. The van der Waals surface area contributed by atoms with Crippen LogP contribution in [0.4, 0.5) is 0 Å². The lowest BCUT2D eigenvalue weighted by molar-refractivity contribution is 0.382. The molecule has 0 fully saturated rings. The van der Waals surface area contributed by atoms with Gasteiger partial charge in [0, 0.05) is 26.0 Å². The minimum atomic E-state index is 0.925. The fraction of sp³-hybridized carbons (Fsp3) is 0.714. The molecule has 0 heterocycles. The molecule has 0 aromatic heterocycles. The van der Waals surface area contributed by atoms with Gasteiger partial charge in [0.15, 0.2) is 0 Å². The highest BCUT2D eigenvalue weighted by atomic mass is 15.4. The van der Waals surface area contributed by atoms with Crippen LogP contribution in [0.15, 0.2) is 12.4 Å². The Hall–Kier alpha value is -0.700. The Balaban J connectivity index is 3.24. The molecule has 3 nitrogen and oxygen atoms in total. The summed E-state index contributed by atoms with van der Waals surface area (Å²) in [4.78, 5) is 0. The third kappa shape index (κ3) is 5.44. The van der Waals surface area contributed by atoms with Crippen LogP contribution in [0.25, 0.3) is 0 Å². The lowest BCUT2D eigenvalue weighted by Crippen LogP contribution is -2.26. The van der Waals surface area contributed by atoms with Gasteiger partial charge in [-0.15, -0.1) is 0 Å². The third-order valence-corrected chi connectivity index (χ3v) is 1.20. The molecule has 0 atom stereocenters. The summed E-state index contributed by atoms with van der Waals surface area (Å²) in [6.07, 6.45) is 5.97. The summed E-state index contributed by atoms with van der Waals surface area (Å²) in [5, 5.41) is 4.55. The highest BCUT2D eigenvalue weighted by Gasteiger charge is 1.87. The van der Waals surface area contributed by atoms with Crippen molar-refractivity contribution in [1.82, 2.24) is 10.3 Å². The van der Waals surface area contributed by atoms with Gasteiger partial charge in [-0.3, -0.25) is 0 Å². The van der Waals surface area contributed by atoms with Gasteiger partial charge < -0.3 is 10.3 Å². The Bertz CT molecular complexity index is 90.9. The first-order chi connectivity index (χ1) is 4.81. The molecule has 0 aliphatic rings. The zero-order valence-corrected chi connectivity index (χ0v) is 6.80. The first-order valence-corrected chi connectivity index (χ1v) is 3.66. The maximum absolute atomic E-state index is 5.55. The maximum Gasteiger partial charge on any atom is 0.0335 e. The summed E-state index contributed by atoms with van der Waals surface area (Å²) in [6, 6.07) is 0. The van der Waals surface area contributed by atoms with Crippen molar-refractivity contribution in [3.8, 4) is 0 Å². The summed E-state index contributed by atoms with van der Waals surface area (Å²) in [5.74, 6) is 5.55. The SMILES string of the molecule is CCCCN(N)/C=C\NC. The molecule has 60 valence electrons. The minimum Gasteiger partial charge on any atom is -0.393 e. The van der Waals surface area contributed by atoms with Crippen LogP contribution < -0.4 is 11.2 Å². The second kappa shape index (κ2) is 6.42. The van der Waals surface area contributed by atoms with Gasteiger partial charge in [-0.25, -0.2) is 5.84 Å². The standard InChI is InChI=1S/C7H17N3/c1-3-4-6-10(8)7-5-9-2/h5,7,9H,3-4,6,8H2,1-2H3/b7-5-. The van der Waals surface area contributed by atoms with E-state index in [1.54, 1.807) is 5.01 Å². The molecule has 0 bridgehead atoms. The van der Waals surface area contributed by atoms with Gasteiger partial charge in [0.25, 0.3) is 0 Å². The fourth-order valence-electron chi connectivity index (χ4n) is 0.585. The molecule has 10 heavy (non-hydrogen) atoms. The summed E-state index contributed by atoms with van der Waals surface area (Å²) < 4.78 is 0. The Kier molecular flexibility index (Phi) is 5.97. The van der Waals surface area contributed by atoms with E-state index in [0.717, 1.165) is 13.0 Å². The van der Waals surface area contributed by atoms with Crippen molar-refractivity contribution < 1.29 is 0 Å². The lowest BCUT2D eigenvalue weighted by atomic mass is 10.3. The third-order valence-electron chi connectivity index (χ3n) is 1.20. The number of nitrogens with one attached hydrogen (secondary N) is 1. The van der Waals surface area contributed by atoms with E-state index in [1.807, 2.05) is 19.4 Å². The van der Waals surface area contributed by atoms with E-state index in [0.29, 0.717) is 0 Å². The van der Waals surface area contributed by atoms with E-state index in [4.69, 9.17) is 5.84 Å². The number of nitrogens with zero attached hydrogens (tertiary/aromatic N) is 1. The maximum atomic E-state index is 5.55. The molecular formula is C7H17N3. The zero-order chi connectivity index (χ0) is 7.82. The van der Waals surface area contributed by atoms with Crippen molar-refractivity contribution in [2.75, 3.05) is 13.6 Å². The predicted octanol–water partition coefficient (Wildman–Crippen LogP) is 0.653. The molecule has 3 heteroatoms. The number of nitrogens with two attached hydrogens (primary N) is 1. The van der Waals surface area contributed by atoms with Crippen molar-refractivity contribution in [3.63, 3.8) is 0 Å². The number of hydrogen-bond donors (Lipinski definition) is 2. The van der Waals surface area contributed by atoms with Crippen LogP contribution in [-0.4, -0.2) is 18.6 Å². The molecule has 0 aliphatic heterocycles. The first kappa shape index (κ1) is 9.30. The molecule has 0 saturated carbocycles. The van der Waals surface area contributed by atoms with Crippen molar-refractivity contribution in [2.45, 2.75) is 19.8 Å². The second-order valence-electron chi connectivity index (χ2n) is 2.20. The Labute approximate surface area is 62.9 Å². The van der Waals surface area contributed by atoms with Crippen LogP contribution in [0, 0.1) is 0 Å². The van der Waals surface area contributed by atoms with Crippen molar-refractivity contribution in [2.24, 2.45) is 5.84 Å².